The molecule has 0 aliphatic carbocycles. The second-order valence-electron chi connectivity index (χ2n) is 6.70. The number of thiazole rings is 1. The van der Waals surface area contributed by atoms with Gasteiger partial charge in [0.1, 0.15) is 12.4 Å². The van der Waals surface area contributed by atoms with E-state index in [0.29, 0.717) is 23.1 Å². The summed E-state index contributed by atoms with van der Waals surface area (Å²) in [6.45, 7) is 2.51. The zero-order chi connectivity index (χ0) is 20.9. The number of rotatable bonds is 5. The number of aromatic nitrogens is 1. The van der Waals surface area contributed by atoms with E-state index in [0.717, 1.165) is 15.8 Å². The molecule has 0 bridgehead atoms. The Labute approximate surface area is 183 Å². The molecule has 2 N–H and O–H groups in total. The van der Waals surface area contributed by atoms with Crippen LogP contribution in [0, 0.1) is 6.92 Å². The molecule has 0 aliphatic rings. The van der Waals surface area contributed by atoms with Gasteiger partial charge >= 0.3 is 0 Å². The molecule has 1 aromatic heterocycles. The summed E-state index contributed by atoms with van der Waals surface area (Å²) in [7, 11) is 0. The molecule has 4 aromatic rings. The third kappa shape index (κ3) is 5.00. The first-order valence-corrected chi connectivity index (χ1v) is 10.6. The van der Waals surface area contributed by atoms with Gasteiger partial charge in [-0.2, -0.15) is 0 Å². The summed E-state index contributed by atoms with van der Waals surface area (Å²) < 4.78 is 6.81. The number of ether oxygens (including phenoxy) is 1. The first kappa shape index (κ1) is 20.0. The van der Waals surface area contributed by atoms with Crippen molar-refractivity contribution in [2.24, 2.45) is 0 Å². The molecule has 4 rings (SSSR count). The normalized spacial score (nSPS) is 10.6. The van der Waals surface area contributed by atoms with Crippen LogP contribution in [0.3, 0.4) is 0 Å². The third-order valence-corrected chi connectivity index (χ3v) is 5.49. The SMILES string of the molecule is Cc1ccc2nc(NC(=S)NC(=O)c3ccc(OCc4ccccc4)cc3)sc2c1. The van der Waals surface area contributed by atoms with Crippen molar-refractivity contribution in [3.8, 4) is 5.75 Å². The number of nitrogens with one attached hydrogen (secondary N) is 2. The zero-order valence-corrected chi connectivity index (χ0v) is 17.8. The summed E-state index contributed by atoms with van der Waals surface area (Å²) in [6.07, 6.45) is 0. The smallest absolute Gasteiger partial charge is 0.257 e. The Balaban J connectivity index is 1.32. The molecule has 1 heterocycles. The summed E-state index contributed by atoms with van der Waals surface area (Å²) in [5.74, 6) is 0.403. The summed E-state index contributed by atoms with van der Waals surface area (Å²) in [6, 6.07) is 22.9. The van der Waals surface area contributed by atoms with E-state index in [1.165, 1.54) is 16.9 Å². The molecule has 0 atom stereocenters. The van der Waals surface area contributed by atoms with Crippen LogP contribution in [-0.4, -0.2) is 16.0 Å². The van der Waals surface area contributed by atoms with Crippen LogP contribution in [0.15, 0.2) is 72.8 Å². The maximum atomic E-state index is 12.5. The number of nitrogens with zero attached hydrogens (tertiary/aromatic N) is 1. The largest absolute Gasteiger partial charge is 0.489 e. The minimum atomic E-state index is -0.293. The summed E-state index contributed by atoms with van der Waals surface area (Å²) in [4.78, 5) is 16.9. The number of hydrogen-bond acceptors (Lipinski definition) is 5. The fourth-order valence-electron chi connectivity index (χ4n) is 2.83. The molecule has 0 unspecified atom stereocenters. The molecule has 0 radical (unpaired) electrons. The Morgan fingerprint density at radius 3 is 2.60 bits per heavy atom. The van der Waals surface area contributed by atoms with Crippen LogP contribution in [0.1, 0.15) is 21.5 Å². The van der Waals surface area contributed by atoms with E-state index in [4.69, 9.17) is 17.0 Å². The van der Waals surface area contributed by atoms with Crippen molar-refractivity contribution in [3.63, 3.8) is 0 Å². The molecule has 5 nitrogen and oxygen atoms in total. The number of fused-ring (bicyclic) bond motifs is 1. The molecule has 30 heavy (non-hydrogen) atoms. The Kier molecular flexibility index (Phi) is 6.02. The van der Waals surface area contributed by atoms with Gasteiger partial charge in [-0.1, -0.05) is 47.7 Å². The number of thiocarbonyl (C=S) groups is 1. The van der Waals surface area contributed by atoms with Gasteiger partial charge in [0.15, 0.2) is 10.2 Å². The van der Waals surface area contributed by atoms with Crippen LogP contribution in [0.25, 0.3) is 10.2 Å². The van der Waals surface area contributed by atoms with Crippen LogP contribution in [0.2, 0.25) is 0 Å². The number of carbonyl (C=O) groups excluding carboxylic acids is 1. The molecule has 0 fully saturated rings. The maximum Gasteiger partial charge on any atom is 0.257 e. The topological polar surface area (TPSA) is 63.2 Å². The van der Waals surface area contributed by atoms with Gasteiger partial charge in [0.05, 0.1) is 10.2 Å². The monoisotopic (exact) mass is 433 g/mol. The average molecular weight is 434 g/mol. The summed E-state index contributed by atoms with van der Waals surface area (Å²) in [5.41, 5.74) is 3.64. The molecule has 0 saturated heterocycles. The minimum absolute atomic E-state index is 0.209. The van der Waals surface area contributed by atoms with Gasteiger partial charge in [-0.05, 0) is 66.7 Å². The van der Waals surface area contributed by atoms with Crippen LogP contribution in [-0.2, 0) is 6.61 Å². The Hall–Kier alpha value is -3.29. The lowest BCUT2D eigenvalue weighted by Gasteiger charge is -2.09. The third-order valence-electron chi connectivity index (χ3n) is 4.36. The fourth-order valence-corrected chi connectivity index (χ4v) is 4.05. The highest BCUT2D eigenvalue weighted by Gasteiger charge is 2.10. The number of anilines is 1. The first-order valence-electron chi connectivity index (χ1n) is 9.33. The molecular formula is C23H19N3O2S2. The van der Waals surface area contributed by atoms with E-state index in [1.54, 1.807) is 24.3 Å². The van der Waals surface area contributed by atoms with Crippen molar-refractivity contribution in [1.29, 1.82) is 0 Å². The lowest BCUT2D eigenvalue weighted by molar-refractivity contribution is 0.0977. The van der Waals surface area contributed by atoms with Crippen LogP contribution in [0.5, 0.6) is 5.75 Å². The van der Waals surface area contributed by atoms with Gasteiger partial charge in [-0.25, -0.2) is 4.98 Å². The lowest BCUT2D eigenvalue weighted by Crippen LogP contribution is -2.34. The fraction of sp³-hybridized carbons (Fsp3) is 0.0870. The van der Waals surface area contributed by atoms with E-state index in [1.807, 2.05) is 49.4 Å². The Bertz CT molecular complexity index is 1190. The first-order chi connectivity index (χ1) is 14.6. The highest BCUT2D eigenvalue weighted by molar-refractivity contribution is 7.80. The summed E-state index contributed by atoms with van der Waals surface area (Å²) in [5, 5.41) is 6.52. The summed E-state index contributed by atoms with van der Waals surface area (Å²) >= 11 is 6.75. The molecule has 3 aromatic carbocycles. The molecule has 7 heteroatoms. The standard InChI is InChI=1S/C23H19N3O2S2/c1-15-7-12-19-20(13-15)30-23(24-19)26-22(29)25-21(27)17-8-10-18(11-9-17)28-14-16-5-3-2-4-6-16/h2-13H,14H2,1H3,(H2,24,25,26,27,29). The Morgan fingerprint density at radius 1 is 1.07 bits per heavy atom. The second-order valence-corrected chi connectivity index (χ2v) is 8.14. The molecule has 1 amide bonds. The van der Waals surface area contributed by atoms with Crippen molar-refractivity contribution in [2.45, 2.75) is 13.5 Å². The number of carbonyl (C=O) groups is 1. The predicted molar refractivity (Wildman–Crippen MR) is 125 cm³/mol. The van der Waals surface area contributed by atoms with Gasteiger partial charge in [0, 0.05) is 5.56 Å². The van der Waals surface area contributed by atoms with E-state index >= 15 is 0 Å². The number of hydrogen-bond donors (Lipinski definition) is 2. The van der Waals surface area contributed by atoms with Crippen molar-refractivity contribution in [3.05, 3.63) is 89.5 Å². The Morgan fingerprint density at radius 2 is 1.83 bits per heavy atom. The second kappa shape index (κ2) is 9.02. The zero-order valence-electron chi connectivity index (χ0n) is 16.2. The average Bonchev–Trinajstić information content (AvgIpc) is 3.14. The minimum Gasteiger partial charge on any atom is -0.489 e. The quantitative estimate of drug-likeness (QED) is 0.418. The predicted octanol–water partition coefficient (Wildman–Crippen LogP) is 5.31. The lowest BCUT2D eigenvalue weighted by atomic mass is 10.2. The van der Waals surface area contributed by atoms with E-state index in [-0.39, 0.29) is 11.0 Å². The van der Waals surface area contributed by atoms with Crippen molar-refractivity contribution >= 4 is 49.9 Å². The number of benzene rings is 3. The van der Waals surface area contributed by atoms with Crippen molar-refractivity contribution in [1.82, 2.24) is 10.3 Å². The van der Waals surface area contributed by atoms with Gasteiger partial charge < -0.3 is 10.1 Å². The molecule has 0 saturated carbocycles. The van der Waals surface area contributed by atoms with Crippen molar-refractivity contribution in [2.75, 3.05) is 5.32 Å². The van der Waals surface area contributed by atoms with E-state index in [2.05, 4.69) is 21.7 Å². The molecule has 0 aliphatic heterocycles. The van der Waals surface area contributed by atoms with Gasteiger partial charge in [0.25, 0.3) is 5.91 Å². The van der Waals surface area contributed by atoms with Gasteiger partial charge in [-0.15, -0.1) is 0 Å². The molecule has 150 valence electrons. The molecular weight excluding hydrogens is 414 g/mol. The number of amides is 1. The van der Waals surface area contributed by atoms with Crippen LogP contribution in [0.4, 0.5) is 5.13 Å². The number of aryl methyl sites for hydroxylation is 1. The van der Waals surface area contributed by atoms with E-state index < -0.39 is 0 Å². The highest BCUT2D eigenvalue weighted by Crippen LogP contribution is 2.26. The highest BCUT2D eigenvalue weighted by atomic mass is 32.1. The maximum absolute atomic E-state index is 12.5. The van der Waals surface area contributed by atoms with Gasteiger partial charge in [0.2, 0.25) is 0 Å². The van der Waals surface area contributed by atoms with Crippen molar-refractivity contribution < 1.29 is 9.53 Å². The van der Waals surface area contributed by atoms with Crippen LogP contribution < -0.4 is 15.4 Å². The van der Waals surface area contributed by atoms with Gasteiger partial charge in [-0.3, -0.25) is 10.1 Å². The molecule has 0 spiro atoms. The van der Waals surface area contributed by atoms with E-state index in [9.17, 15) is 4.79 Å². The van der Waals surface area contributed by atoms with Crippen LogP contribution >= 0.6 is 23.6 Å².